The van der Waals surface area contributed by atoms with Crippen LogP contribution >= 0.6 is 36.6 Å². The highest BCUT2D eigenvalue weighted by atomic mass is 35.5. The van der Waals surface area contributed by atoms with Crippen LogP contribution in [0.3, 0.4) is 0 Å². The van der Waals surface area contributed by atoms with Crippen molar-refractivity contribution in [3.63, 3.8) is 0 Å². The fraction of sp³-hybridized carbons (Fsp3) is 0.308. The van der Waals surface area contributed by atoms with Crippen LogP contribution in [-0.4, -0.2) is 39.7 Å². The van der Waals surface area contributed by atoms with Crippen LogP contribution in [0.5, 0.6) is 0 Å². The quantitative estimate of drug-likeness (QED) is 0.366. The number of likely N-dealkylation sites (tertiary alicyclic amines) is 1. The molecule has 0 radical (unpaired) electrons. The summed E-state index contributed by atoms with van der Waals surface area (Å²) in [5.74, 6) is 0.424. The van der Waals surface area contributed by atoms with E-state index in [0.29, 0.717) is 0 Å². The third-order valence-corrected chi connectivity index (χ3v) is 7.24. The largest absolute Gasteiger partial charge is 0.303 e. The summed E-state index contributed by atoms with van der Waals surface area (Å²) in [6.45, 7) is 3.17. The molecule has 33 heavy (non-hydrogen) atoms. The van der Waals surface area contributed by atoms with Crippen molar-refractivity contribution in [1.29, 1.82) is 0 Å². The lowest BCUT2D eigenvalue weighted by atomic mass is 9.92. The SMILES string of the molecule is Cl.Cl.O=C(C=CC1=Cc2cnc3cccc(n23)S1)C1CCN(CCCc2ccccc2)CC1. The molecule has 4 nitrogen and oxygen atoms in total. The van der Waals surface area contributed by atoms with Crippen LogP contribution in [0.2, 0.25) is 0 Å². The van der Waals surface area contributed by atoms with Gasteiger partial charge in [0, 0.05) is 10.8 Å². The van der Waals surface area contributed by atoms with Gasteiger partial charge in [-0.2, -0.15) is 0 Å². The first-order chi connectivity index (χ1) is 15.3. The van der Waals surface area contributed by atoms with Gasteiger partial charge in [0.1, 0.15) is 5.65 Å². The Morgan fingerprint density at radius 2 is 1.85 bits per heavy atom. The second-order valence-corrected chi connectivity index (χ2v) is 9.42. The van der Waals surface area contributed by atoms with Gasteiger partial charge in [0.05, 0.1) is 16.9 Å². The Labute approximate surface area is 212 Å². The smallest absolute Gasteiger partial charge is 0.158 e. The molecule has 7 heteroatoms. The molecule has 1 fully saturated rings. The molecule has 2 aliphatic rings. The number of carbonyl (C=O) groups excluding carboxylic acids is 1. The van der Waals surface area contributed by atoms with E-state index in [2.05, 4.69) is 56.8 Å². The van der Waals surface area contributed by atoms with Gasteiger partial charge >= 0.3 is 0 Å². The number of imidazole rings is 1. The van der Waals surface area contributed by atoms with Gasteiger partial charge in [-0.1, -0.05) is 48.2 Å². The van der Waals surface area contributed by atoms with Crippen molar-refractivity contribution in [3.05, 3.63) is 83.0 Å². The third-order valence-electron chi connectivity index (χ3n) is 6.22. The number of nitrogens with zero attached hydrogens (tertiary/aromatic N) is 3. The minimum atomic E-state index is 0. The Kier molecular flexibility index (Phi) is 9.21. The molecule has 0 saturated carbocycles. The molecule has 0 atom stereocenters. The third kappa shape index (κ3) is 6.10. The Morgan fingerprint density at radius 3 is 2.64 bits per heavy atom. The summed E-state index contributed by atoms with van der Waals surface area (Å²) in [5, 5.41) is 1.14. The molecule has 0 bridgehead atoms. The van der Waals surface area contributed by atoms with Gasteiger partial charge in [0.25, 0.3) is 0 Å². The second kappa shape index (κ2) is 11.9. The molecule has 4 heterocycles. The number of thioether (sulfide) groups is 1. The lowest BCUT2D eigenvalue weighted by Crippen LogP contribution is -2.36. The highest BCUT2D eigenvalue weighted by molar-refractivity contribution is 8.03. The number of hydrogen-bond donors (Lipinski definition) is 0. The number of carbonyl (C=O) groups is 1. The van der Waals surface area contributed by atoms with Crippen LogP contribution < -0.4 is 0 Å². The van der Waals surface area contributed by atoms with Gasteiger partial charge in [-0.15, -0.1) is 24.8 Å². The lowest BCUT2D eigenvalue weighted by molar-refractivity contribution is -0.119. The van der Waals surface area contributed by atoms with E-state index in [-0.39, 0.29) is 36.5 Å². The van der Waals surface area contributed by atoms with Gasteiger partial charge in [0.15, 0.2) is 5.78 Å². The van der Waals surface area contributed by atoms with Crippen molar-refractivity contribution in [2.75, 3.05) is 19.6 Å². The molecule has 0 aliphatic carbocycles. The molecule has 1 saturated heterocycles. The summed E-state index contributed by atoms with van der Waals surface area (Å²) in [5.41, 5.74) is 3.44. The molecule has 0 unspecified atom stereocenters. The Bertz CT molecular complexity index is 1130. The fourth-order valence-electron chi connectivity index (χ4n) is 4.48. The van der Waals surface area contributed by atoms with E-state index in [9.17, 15) is 4.79 Å². The van der Waals surface area contributed by atoms with Crippen LogP contribution in [0.4, 0.5) is 0 Å². The zero-order valence-corrected chi connectivity index (χ0v) is 20.9. The molecule has 174 valence electrons. The highest BCUT2D eigenvalue weighted by Crippen LogP contribution is 2.35. The zero-order chi connectivity index (χ0) is 21.0. The Balaban J connectivity index is 0.00000153. The number of allylic oxidation sites excluding steroid dienone is 2. The molecule has 2 aliphatic heterocycles. The van der Waals surface area contributed by atoms with E-state index >= 15 is 0 Å². The number of halogens is 2. The van der Waals surface area contributed by atoms with Crippen LogP contribution in [0.25, 0.3) is 11.7 Å². The van der Waals surface area contributed by atoms with Gasteiger partial charge in [0.2, 0.25) is 0 Å². The fourth-order valence-corrected chi connectivity index (χ4v) is 5.48. The maximum Gasteiger partial charge on any atom is 0.158 e. The van der Waals surface area contributed by atoms with Crippen molar-refractivity contribution >= 4 is 54.1 Å². The van der Waals surface area contributed by atoms with Gasteiger partial charge in [-0.25, -0.2) is 4.98 Å². The van der Waals surface area contributed by atoms with Crippen molar-refractivity contribution in [2.24, 2.45) is 5.92 Å². The molecule has 5 rings (SSSR count). The lowest BCUT2D eigenvalue weighted by Gasteiger charge is -2.30. The minimum Gasteiger partial charge on any atom is -0.303 e. The molecular weight excluding hydrogens is 473 g/mol. The average molecular weight is 503 g/mol. The first-order valence-corrected chi connectivity index (χ1v) is 11.9. The molecule has 2 aromatic heterocycles. The summed E-state index contributed by atoms with van der Waals surface area (Å²) in [7, 11) is 0. The normalized spacial score (nSPS) is 16.3. The molecule has 0 spiro atoms. The molecule has 3 aromatic rings. The number of aryl methyl sites for hydroxylation is 1. The number of rotatable bonds is 7. The maximum absolute atomic E-state index is 12.8. The van der Waals surface area contributed by atoms with E-state index in [1.807, 2.05) is 24.4 Å². The van der Waals surface area contributed by atoms with Crippen LogP contribution in [0.1, 0.15) is 30.5 Å². The van der Waals surface area contributed by atoms with Crippen molar-refractivity contribution in [2.45, 2.75) is 30.7 Å². The molecular formula is C26H29Cl2N3OS. The first-order valence-electron chi connectivity index (χ1n) is 11.1. The predicted octanol–water partition coefficient (Wildman–Crippen LogP) is 6.09. The number of piperidine rings is 1. The number of benzene rings is 1. The predicted molar refractivity (Wildman–Crippen MR) is 142 cm³/mol. The summed E-state index contributed by atoms with van der Waals surface area (Å²) in [6.07, 6.45) is 12.0. The van der Waals surface area contributed by atoms with Crippen molar-refractivity contribution in [1.82, 2.24) is 14.3 Å². The topological polar surface area (TPSA) is 37.6 Å². The summed E-state index contributed by atoms with van der Waals surface area (Å²) >= 11 is 1.69. The van der Waals surface area contributed by atoms with E-state index in [1.165, 1.54) is 12.0 Å². The average Bonchev–Trinajstić information content (AvgIpc) is 3.23. The summed E-state index contributed by atoms with van der Waals surface area (Å²) < 4.78 is 2.15. The number of ketones is 1. The van der Waals surface area contributed by atoms with E-state index in [1.54, 1.807) is 17.8 Å². The monoisotopic (exact) mass is 501 g/mol. The van der Waals surface area contributed by atoms with E-state index < -0.39 is 0 Å². The van der Waals surface area contributed by atoms with Gasteiger partial charge in [-0.3, -0.25) is 9.20 Å². The van der Waals surface area contributed by atoms with Crippen molar-refractivity contribution in [3.8, 4) is 0 Å². The second-order valence-electron chi connectivity index (χ2n) is 8.33. The van der Waals surface area contributed by atoms with Crippen LogP contribution in [-0.2, 0) is 11.2 Å². The minimum absolute atomic E-state index is 0. The Hall–Kier alpha value is -2.05. The van der Waals surface area contributed by atoms with Crippen LogP contribution in [0.15, 0.2) is 76.8 Å². The number of hydrogen-bond acceptors (Lipinski definition) is 4. The standard InChI is InChI=1S/C26H27N3OS.2ClH/c30-24(12-11-23-18-22-19-27-25-9-4-10-26(31-23)29(22)25)21-13-16-28(17-14-21)15-5-8-20-6-2-1-3-7-20;;/h1-4,6-7,9-12,18-19,21H,5,8,13-17H2;2*1H. The van der Waals surface area contributed by atoms with Crippen LogP contribution in [0, 0.1) is 5.92 Å². The molecule has 0 N–H and O–H groups in total. The first kappa shape index (κ1) is 25.6. The zero-order valence-electron chi connectivity index (χ0n) is 18.4. The van der Waals surface area contributed by atoms with E-state index in [0.717, 1.165) is 60.2 Å². The van der Waals surface area contributed by atoms with Crippen molar-refractivity contribution < 1.29 is 4.79 Å². The van der Waals surface area contributed by atoms with Gasteiger partial charge < -0.3 is 4.90 Å². The molecule has 0 amide bonds. The maximum atomic E-state index is 12.8. The number of aromatic nitrogens is 2. The highest BCUT2D eigenvalue weighted by Gasteiger charge is 2.23. The summed E-state index contributed by atoms with van der Waals surface area (Å²) in [4.78, 5) is 20.8. The molecule has 1 aromatic carbocycles. The number of pyridine rings is 1. The van der Waals surface area contributed by atoms with E-state index in [4.69, 9.17) is 0 Å². The van der Waals surface area contributed by atoms with Gasteiger partial charge in [-0.05, 0) is 81.2 Å². The Morgan fingerprint density at radius 1 is 1.06 bits per heavy atom. The summed E-state index contributed by atoms with van der Waals surface area (Å²) in [6, 6.07) is 16.8.